The summed E-state index contributed by atoms with van der Waals surface area (Å²) in [6.45, 7) is 2.34. The molecule has 0 atom stereocenters. The SMILES string of the molecule is N#Cc1cn(C2CN(C(=O)N3CCSCC3)C2)c(=O)[nH]c1=O. The lowest BCUT2D eigenvalue weighted by atomic mass is 10.1. The standard InChI is InChI=1S/C13H15N5O3S/c14-5-9-6-18(12(20)15-11(9)19)10-7-17(8-10)13(21)16-1-3-22-4-2-16/h6,10H,1-4,7-8H2,(H,15,19,20). The molecule has 0 bridgehead atoms. The van der Waals surface area contributed by atoms with Crippen LogP contribution in [0.2, 0.25) is 0 Å². The fourth-order valence-electron chi connectivity index (χ4n) is 2.58. The van der Waals surface area contributed by atoms with E-state index in [9.17, 15) is 14.4 Å². The lowest BCUT2D eigenvalue weighted by molar-refractivity contribution is 0.0946. The van der Waals surface area contributed by atoms with Crippen LogP contribution < -0.4 is 11.2 Å². The smallest absolute Gasteiger partial charge is 0.323 e. The molecule has 0 aromatic carbocycles. The predicted molar refractivity (Wildman–Crippen MR) is 80.9 cm³/mol. The number of amides is 2. The van der Waals surface area contributed by atoms with E-state index < -0.39 is 11.2 Å². The van der Waals surface area contributed by atoms with Gasteiger partial charge in [0, 0.05) is 43.9 Å². The quantitative estimate of drug-likeness (QED) is 0.746. The zero-order valence-corrected chi connectivity index (χ0v) is 12.6. The summed E-state index contributed by atoms with van der Waals surface area (Å²) in [6.07, 6.45) is 1.27. The summed E-state index contributed by atoms with van der Waals surface area (Å²) in [7, 11) is 0. The first kappa shape index (κ1) is 14.7. The van der Waals surface area contributed by atoms with E-state index in [1.807, 2.05) is 16.7 Å². The highest BCUT2D eigenvalue weighted by molar-refractivity contribution is 7.99. The molecule has 2 saturated heterocycles. The maximum Gasteiger partial charge on any atom is 0.328 e. The van der Waals surface area contributed by atoms with E-state index >= 15 is 0 Å². The van der Waals surface area contributed by atoms with Crippen molar-refractivity contribution < 1.29 is 4.79 Å². The minimum atomic E-state index is -0.679. The van der Waals surface area contributed by atoms with Gasteiger partial charge in [0.15, 0.2) is 0 Å². The second kappa shape index (κ2) is 5.88. The maximum atomic E-state index is 12.3. The van der Waals surface area contributed by atoms with Crippen LogP contribution in [0, 0.1) is 11.3 Å². The Morgan fingerprint density at radius 1 is 1.27 bits per heavy atom. The Labute approximate surface area is 130 Å². The van der Waals surface area contributed by atoms with Crippen LogP contribution in [0.25, 0.3) is 0 Å². The lowest BCUT2D eigenvalue weighted by Crippen LogP contribution is -2.58. The van der Waals surface area contributed by atoms with Gasteiger partial charge in [-0.1, -0.05) is 0 Å². The largest absolute Gasteiger partial charge is 0.328 e. The van der Waals surface area contributed by atoms with Crippen molar-refractivity contribution in [3.05, 3.63) is 32.6 Å². The summed E-state index contributed by atoms with van der Waals surface area (Å²) in [5.74, 6) is 1.90. The van der Waals surface area contributed by atoms with Gasteiger partial charge in [0.1, 0.15) is 11.6 Å². The fraction of sp³-hybridized carbons (Fsp3) is 0.538. The Hall–Kier alpha value is -2.21. The average molecular weight is 321 g/mol. The van der Waals surface area contributed by atoms with Crippen LogP contribution in [0.15, 0.2) is 15.8 Å². The van der Waals surface area contributed by atoms with Crippen molar-refractivity contribution in [3.63, 3.8) is 0 Å². The van der Waals surface area contributed by atoms with Crippen LogP contribution in [0.5, 0.6) is 0 Å². The Morgan fingerprint density at radius 3 is 2.59 bits per heavy atom. The number of likely N-dealkylation sites (tertiary alicyclic amines) is 1. The first-order valence-corrected chi connectivity index (χ1v) is 8.13. The first-order valence-electron chi connectivity index (χ1n) is 6.97. The Kier molecular flexibility index (Phi) is 3.94. The molecular formula is C13H15N5O3S. The topological polar surface area (TPSA) is 102 Å². The van der Waals surface area contributed by atoms with E-state index in [-0.39, 0.29) is 17.6 Å². The molecule has 0 unspecified atom stereocenters. The van der Waals surface area contributed by atoms with Crippen LogP contribution in [-0.4, -0.2) is 63.1 Å². The fourth-order valence-corrected chi connectivity index (χ4v) is 3.48. The molecule has 1 aromatic rings. The van der Waals surface area contributed by atoms with Crippen LogP contribution >= 0.6 is 11.8 Å². The van der Waals surface area contributed by atoms with E-state index in [4.69, 9.17) is 5.26 Å². The molecule has 2 fully saturated rings. The second-order valence-electron chi connectivity index (χ2n) is 5.26. The van der Waals surface area contributed by atoms with Crippen molar-refractivity contribution in [1.29, 1.82) is 5.26 Å². The Balaban J connectivity index is 1.68. The van der Waals surface area contributed by atoms with Crippen LogP contribution in [-0.2, 0) is 0 Å². The summed E-state index contributed by atoms with van der Waals surface area (Å²) >= 11 is 1.84. The number of nitrogens with one attached hydrogen (secondary N) is 1. The maximum absolute atomic E-state index is 12.3. The number of aromatic nitrogens is 2. The number of thioether (sulfide) groups is 1. The molecule has 8 nitrogen and oxygen atoms in total. The summed E-state index contributed by atoms with van der Waals surface area (Å²) in [5.41, 5.74) is -1.32. The summed E-state index contributed by atoms with van der Waals surface area (Å²) in [6, 6.07) is 1.56. The molecule has 0 aliphatic carbocycles. The molecule has 1 N–H and O–H groups in total. The third-order valence-corrected chi connectivity index (χ3v) is 4.84. The highest BCUT2D eigenvalue weighted by Gasteiger charge is 2.35. The first-order chi connectivity index (χ1) is 10.6. The number of hydrogen-bond donors (Lipinski definition) is 1. The van der Waals surface area contributed by atoms with E-state index in [2.05, 4.69) is 4.98 Å². The number of rotatable bonds is 1. The molecular weight excluding hydrogens is 306 g/mol. The van der Waals surface area contributed by atoms with Gasteiger partial charge in [-0.15, -0.1) is 0 Å². The molecule has 3 rings (SSSR count). The van der Waals surface area contributed by atoms with Crippen molar-refractivity contribution in [2.24, 2.45) is 0 Å². The van der Waals surface area contributed by atoms with E-state index in [0.717, 1.165) is 24.6 Å². The molecule has 1 aromatic heterocycles. The molecule has 9 heteroatoms. The van der Waals surface area contributed by atoms with E-state index in [1.54, 1.807) is 11.0 Å². The van der Waals surface area contributed by atoms with Crippen molar-refractivity contribution >= 4 is 17.8 Å². The molecule has 2 amide bonds. The van der Waals surface area contributed by atoms with Gasteiger partial charge in [-0.3, -0.25) is 14.3 Å². The minimum Gasteiger partial charge on any atom is -0.323 e. The van der Waals surface area contributed by atoms with Crippen molar-refractivity contribution in [2.75, 3.05) is 37.7 Å². The number of carbonyl (C=O) groups excluding carboxylic acids is 1. The van der Waals surface area contributed by atoms with Crippen LogP contribution in [0.4, 0.5) is 4.79 Å². The van der Waals surface area contributed by atoms with Gasteiger partial charge in [-0.05, 0) is 0 Å². The second-order valence-corrected chi connectivity index (χ2v) is 6.49. The van der Waals surface area contributed by atoms with Crippen LogP contribution in [0.3, 0.4) is 0 Å². The van der Waals surface area contributed by atoms with Crippen molar-refractivity contribution in [1.82, 2.24) is 19.4 Å². The van der Waals surface area contributed by atoms with E-state index in [1.165, 1.54) is 10.8 Å². The number of aromatic amines is 1. The van der Waals surface area contributed by atoms with Gasteiger partial charge in [-0.25, -0.2) is 9.59 Å². The summed E-state index contributed by atoms with van der Waals surface area (Å²) in [4.78, 5) is 41.1. The van der Waals surface area contributed by atoms with Gasteiger partial charge in [0.2, 0.25) is 0 Å². The minimum absolute atomic E-state index is 0.00506. The Bertz CT molecular complexity index is 737. The third kappa shape index (κ3) is 2.62. The zero-order valence-electron chi connectivity index (χ0n) is 11.8. The lowest BCUT2D eigenvalue weighted by Gasteiger charge is -2.43. The molecule has 22 heavy (non-hydrogen) atoms. The van der Waals surface area contributed by atoms with Gasteiger partial charge in [0.05, 0.1) is 6.04 Å². The van der Waals surface area contributed by atoms with Crippen molar-refractivity contribution in [3.8, 4) is 6.07 Å². The predicted octanol–water partition coefficient (Wildman–Crippen LogP) is -0.566. The zero-order chi connectivity index (χ0) is 15.7. The Morgan fingerprint density at radius 2 is 1.95 bits per heavy atom. The molecule has 2 aliphatic rings. The number of H-pyrrole nitrogens is 1. The molecule has 0 saturated carbocycles. The number of nitrogens with zero attached hydrogens (tertiary/aromatic N) is 4. The number of urea groups is 1. The normalized spacial score (nSPS) is 18.7. The van der Waals surface area contributed by atoms with E-state index in [0.29, 0.717) is 13.1 Å². The van der Waals surface area contributed by atoms with Gasteiger partial charge < -0.3 is 9.80 Å². The van der Waals surface area contributed by atoms with Crippen LogP contribution in [0.1, 0.15) is 11.6 Å². The monoisotopic (exact) mass is 321 g/mol. The highest BCUT2D eigenvalue weighted by Crippen LogP contribution is 2.22. The number of carbonyl (C=O) groups is 1. The molecule has 116 valence electrons. The summed E-state index contributed by atoms with van der Waals surface area (Å²) in [5, 5.41) is 8.86. The molecule has 0 spiro atoms. The average Bonchev–Trinajstić information content (AvgIpc) is 2.48. The van der Waals surface area contributed by atoms with Gasteiger partial charge >= 0.3 is 11.7 Å². The number of hydrogen-bond acceptors (Lipinski definition) is 5. The molecule has 0 radical (unpaired) electrons. The molecule has 3 heterocycles. The van der Waals surface area contributed by atoms with Crippen molar-refractivity contribution in [2.45, 2.75) is 6.04 Å². The van der Waals surface area contributed by atoms with Gasteiger partial charge in [0.25, 0.3) is 5.56 Å². The third-order valence-electron chi connectivity index (χ3n) is 3.90. The highest BCUT2D eigenvalue weighted by atomic mass is 32.2. The summed E-state index contributed by atoms with van der Waals surface area (Å²) < 4.78 is 1.33. The van der Waals surface area contributed by atoms with Gasteiger partial charge in [-0.2, -0.15) is 17.0 Å². The number of nitriles is 1. The molecule has 2 aliphatic heterocycles.